The summed E-state index contributed by atoms with van der Waals surface area (Å²) in [5, 5.41) is 27.7. The predicted octanol–water partition coefficient (Wildman–Crippen LogP) is 6.04. The number of benzene rings is 2. The molecule has 0 spiro atoms. The molecule has 2 aliphatic rings. The highest BCUT2D eigenvalue weighted by Gasteiger charge is 2.45. The van der Waals surface area contributed by atoms with Crippen molar-refractivity contribution in [2.24, 2.45) is 7.05 Å². The second-order valence-electron chi connectivity index (χ2n) is 11.6. The number of allylic oxidation sites excluding steroid dienone is 1. The smallest absolute Gasteiger partial charge is 0.292 e. The molecule has 5 aromatic rings. The van der Waals surface area contributed by atoms with Gasteiger partial charge in [0.2, 0.25) is 5.76 Å². The second-order valence-corrected chi connectivity index (χ2v) is 11.6. The van der Waals surface area contributed by atoms with Crippen LogP contribution in [-0.2, 0) is 11.8 Å². The van der Waals surface area contributed by atoms with Crippen LogP contribution in [0.2, 0.25) is 0 Å². The summed E-state index contributed by atoms with van der Waals surface area (Å²) in [6.45, 7) is 3.34. The lowest BCUT2D eigenvalue weighted by atomic mass is 9.85. The minimum Gasteiger partial charge on any atom is -0.509 e. The Morgan fingerprint density at radius 3 is 2.58 bits per heavy atom. The lowest BCUT2D eigenvalue weighted by Gasteiger charge is -2.38. The molecule has 2 fully saturated rings. The Morgan fingerprint density at radius 1 is 1.05 bits per heavy atom. The number of imidazole rings is 1. The number of aromatic nitrogens is 5. The monoisotopic (exact) mass is 579 g/mol. The van der Waals surface area contributed by atoms with Crippen LogP contribution in [0.5, 0.6) is 11.5 Å². The van der Waals surface area contributed by atoms with Crippen molar-refractivity contribution in [2.45, 2.75) is 57.5 Å². The highest BCUT2D eigenvalue weighted by Crippen LogP contribution is 2.45. The number of nitrogens with one attached hydrogen (secondary N) is 1. The molecule has 2 aliphatic heterocycles. The van der Waals surface area contributed by atoms with Gasteiger partial charge in [0.05, 0.1) is 17.4 Å². The van der Waals surface area contributed by atoms with E-state index in [-0.39, 0.29) is 23.8 Å². The Morgan fingerprint density at radius 2 is 1.84 bits per heavy atom. The summed E-state index contributed by atoms with van der Waals surface area (Å²) in [5.74, 6) is 0.984. The van der Waals surface area contributed by atoms with Crippen molar-refractivity contribution in [3.8, 4) is 11.5 Å². The van der Waals surface area contributed by atoms with E-state index in [1.165, 1.54) is 13.3 Å². The van der Waals surface area contributed by atoms with E-state index in [4.69, 9.17) is 4.74 Å². The van der Waals surface area contributed by atoms with Crippen LogP contribution in [-0.4, -0.2) is 57.3 Å². The first-order valence-corrected chi connectivity index (χ1v) is 14.5. The number of rotatable bonds is 6. The van der Waals surface area contributed by atoms with Crippen molar-refractivity contribution >= 4 is 34.0 Å². The maximum Gasteiger partial charge on any atom is 0.292 e. The van der Waals surface area contributed by atoms with Crippen LogP contribution in [0.25, 0.3) is 16.6 Å². The number of hydrogen-bond donors (Lipinski definition) is 3. The molecule has 1 amide bonds. The van der Waals surface area contributed by atoms with Crippen LogP contribution in [0.15, 0.2) is 72.8 Å². The molecule has 5 heterocycles. The molecule has 43 heavy (non-hydrogen) atoms. The molecule has 2 aromatic carbocycles. The Labute approximate surface area is 248 Å². The van der Waals surface area contributed by atoms with Crippen LogP contribution in [0.1, 0.15) is 49.7 Å². The summed E-state index contributed by atoms with van der Waals surface area (Å²) in [4.78, 5) is 23.7. The Balaban J connectivity index is 1.12. The Kier molecular flexibility index (Phi) is 6.45. The number of piperidine rings is 1. The number of aliphatic hydroxyl groups excluding tert-OH is 2. The van der Waals surface area contributed by atoms with Crippen molar-refractivity contribution < 1.29 is 19.7 Å². The molecule has 220 valence electrons. The van der Waals surface area contributed by atoms with Crippen molar-refractivity contribution in [1.82, 2.24) is 29.0 Å². The zero-order valence-corrected chi connectivity index (χ0v) is 24.2. The number of aliphatic hydroxyl groups is 2. The van der Waals surface area contributed by atoms with Crippen molar-refractivity contribution in [3.05, 3.63) is 84.0 Å². The van der Waals surface area contributed by atoms with Crippen LogP contribution in [0, 0.1) is 6.92 Å². The van der Waals surface area contributed by atoms with E-state index in [0.29, 0.717) is 5.82 Å². The number of nitrogens with zero attached hydrogens (tertiary/aromatic N) is 6. The van der Waals surface area contributed by atoms with E-state index in [9.17, 15) is 15.0 Å². The fourth-order valence-electron chi connectivity index (χ4n) is 6.72. The fraction of sp³-hybridized carbons (Fsp3) is 0.312. The van der Waals surface area contributed by atoms with Gasteiger partial charge in [0, 0.05) is 37.1 Å². The molecule has 0 aliphatic carbocycles. The number of carbonyl (C=O) groups excluding carboxylic acids is 1. The van der Waals surface area contributed by atoms with Gasteiger partial charge in [0.25, 0.3) is 5.91 Å². The first kappa shape index (κ1) is 26.8. The van der Waals surface area contributed by atoms with Gasteiger partial charge in [-0.25, -0.2) is 14.5 Å². The van der Waals surface area contributed by atoms with E-state index < -0.39 is 11.7 Å². The number of fused-ring (bicyclic) bond motifs is 4. The minimum absolute atomic E-state index is 0.00215. The third kappa shape index (κ3) is 4.70. The lowest BCUT2D eigenvalue weighted by molar-refractivity contribution is -0.134. The quantitative estimate of drug-likeness (QED) is 0.164. The van der Waals surface area contributed by atoms with Crippen molar-refractivity contribution in [3.63, 3.8) is 0 Å². The topological polar surface area (TPSA) is 130 Å². The Bertz CT molecular complexity index is 1890. The third-order valence-electron chi connectivity index (χ3n) is 8.80. The molecule has 2 bridgehead atoms. The van der Waals surface area contributed by atoms with Gasteiger partial charge in [0.15, 0.2) is 5.82 Å². The SMILES string of the molecule is C/C(O)=C(/O)C(=O)N1C2CCC1CC(c1ccn3ncnc(Nc4ccc(Oc5ccc6c(c5)ncn6C)c(C)c4)c13)C2. The van der Waals surface area contributed by atoms with Crippen LogP contribution in [0.3, 0.4) is 0 Å². The van der Waals surface area contributed by atoms with Gasteiger partial charge < -0.3 is 29.7 Å². The standard InChI is InChI=1S/C32H33N7O4/c1-18-12-21(4-9-28(18)43-24-7-8-27-26(15-24)34-17-37(27)3)36-31-29-25(10-11-38(29)35-16-33-31)20-13-22-5-6-23(14-20)39(22)32(42)30(41)19(2)40/h4,7-12,15-17,20,22-23,40-41H,5-6,13-14H2,1-3H3,(H,33,35,36)/b30-19-. The highest BCUT2D eigenvalue weighted by molar-refractivity contribution is 5.92. The minimum atomic E-state index is -0.564. The first-order chi connectivity index (χ1) is 20.8. The molecule has 2 unspecified atom stereocenters. The van der Waals surface area contributed by atoms with Gasteiger partial charge in [0.1, 0.15) is 29.1 Å². The van der Waals surface area contributed by atoms with Crippen molar-refractivity contribution in [2.75, 3.05) is 5.32 Å². The molecule has 3 N–H and O–H groups in total. The number of anilines is 2. The second kappa shape index (κ2) is 10.3. The molecule has 0 saturated carbocycles. The first-order valence-electron chi connectivity index (χ1n) is 14.5. The molecular formula is C32H33N7O4. The number of amides is 1. The lowest BCUT2D eigenvalue weighted by Crippen LogP contribution is -2.46. The maximum atomic E-state index is 12.9. The van der Waals surface area contributed by atoms with E-state index in [2.05, 4.69) is 26.4 Å². The zero-order chi connectivity index (χ0) is 29.8. The molecule has 7 rings (SSSR count). The van der Waals surface area contributed by atoms with E-state index in [1.807, 2.05) is 65.6 Å². The van der Waals surface area contributed by atoms with Gasteiger partial charge in [-0.15, -0.1) is 0 Å². The average Bonchev–Trinajstić information content (AvgIpc) is 3.67. The van der Waals surface area contributed by atoms with E-state index in [1.54, 1.807) is 11.2 Å². The zero-order valence-electron chi connectivity index (χ0n) is 24.2. The molecule has 2 atom stereocenters. The number of ether oxygens (including phenoxy) is 1. The van der Waals surface area contributed by atoms with Gasteiger partial charge in [-0.05, 0) is 93.0 Å². The summed E-state index contributed by atoms with van der Waals surface area (Å²) in [6, 6.07) is 13.9. The van der Waals surface area contributed by atoms with Gasteiger partial charge in [-0.2, -0.15) is 5.10 Å². The largest absolute Gasteiger partial charge is 0.509 e. The average molecular weight is 580 g/mol. The van der Waals surface area contributed by atoms with Gasteiger partial charge in [-0.3, -0.25) is 4.79 Å². The van der Waals surface area contributed by atoms with Gasteiger partial charge >= 0.3 is 0 Å². The summed E-state index contributed by atoms with van der Waals surface area (Å²) in [5.41, 5.74) is 5.81. The summed E-state index contributed by atoms with van der Waals surface area (Å²) >= 11 is 0. The summed E-state index contributed by atoms with van der Waals surface area (Å²) in [6.07, 6.45) is 8.56. The van der Waals surface area contributed by atoms with Crippen LogP contribution in [0.4, 0.5) is 11.5 Å². The molecular weight excluding hydrogens is 546 g/mol. The Hall–Kier alpha value is -5.06. The highest BCUT2D eigenvalue weighted by atomic mass is 16.5. The number of hydrogen-bond acceptors (Lipinski definition) is 8. The van der Waals surface area contributed by atoms with Gasteiger partial charge in [-0.1, -0.05) is 0 Å². The fourth-order valence-corrected chi connectivity index (χ4v) is 6.72. The molecule has 3 aromatic heterocycles. The molecule has 0 radical (unpaired) electrons. The van der Waals surface area contributed by atoms with Crippen LogP contribution < -0.4 is 10.1 Å². The van der Waals surface area contributed by atoms with E-state index >= 15 is 0 Å². The molecule has 11 heteroatoms. The predicted molar refractivity (Wildman–Crippen MR) is 162 cm³/mol. The third-order valence-corrected chi connectivity index (χ3v) is 8.80. The number of aryl methyl sites for hydroxylation is 2. The molecule has 2 saturated heterocycles. The normalized spacial score (nSPS) is 20.4. The summed E-state index contributed by atoms with van der Waals surface area (Å²) < 4.78 is 10.0. The van der Waals surface area contributed by atoms with Crippen molar-refractivity contribution in [1.29, 1.82) is 0 Å². The number of carbonyl (C=O) groups is 1. The maximum absolute atomic E-state index is 12.9. The van der Waals surface area contributed by atoms with E-state index in [0.717, 1.165) is 70.5 Å². The van der Waals surface area contributed by atoms with Crippen LogP contribution >= 0.6 is 0 Å². The molecule has 11 nitrogen and oxygen atoms in total. The summed E-state index contributed by atoms with van der Waals surface area (Å²) in [7, 11) is 1.97.